The minimum absolute atomic E-state index is 0.0814. The molecular formula is C21H22N6O. The van der Waals surface area contributed by atoms with Gasteiger partial charge in [-0.15, -0.1) is 10.2 Å². The summed E-state index contributed by atoms with van der Waals surface area (Å²) >= 11 is 0. The van der Waals surface area contributed by atoms with Gasteiger partial charge < -0.3 is 14.7 Å². The van der Waals surface area contributed by atoms with Crippen LogP contribution >= 0.6 is 0 Å². The molecule has 0 saturated carbocycles. The van der Waals surface area contributed by atoms with Crippen molar-refractivity contribution in [2.24, 2.45) is 0 Å². The Balaban J connectivity index is 1.39. The van der Waals surface area contributed by atoms with Crippen LogP contribution < -0.4 is 9.80 Å². The predicted octanol–water partition coefficient (Wildman–Crippen LogP) is 2.60. The molecule has 0 unspecified atom stereocenters. The molecule has 1 aromatic carbocycles. The highest BCUT2D eigenvalue weighted by molar-refractivity contribution is 5.92. The second-order valence-corrected chi connectivity index (χ2v) is 6.64. The first kappa shape index (κ1) is 17.9. The molecule has 1 saturated heterocycles. The summed E-state index contributed by atoms with van der Waals surface area (Å²) in [7, 11) is 1.93. The smallest absolute Gasteiger partial charge is 0.274 e. The lowest BCUT2D eigenvalue weighted by Crippen LogP contribution is -2.49. The zero-order valence-corrected chi connectivity index (χ0v) is 15.8. The third-order valence-corrected chi connectivity index (χ3v) is 4.90. The van der Waals surface area contributed by atoms with Crippen molar-refractivity contribution in [3.8, 4) is 0 Å². The molecule has 0 bridgehead atoms. The van der Waals surface area contributed by atoms with Gasteiger partial charge in [-0.05, 0) is 36.4 Å². The van der Waals surface area contributed by atoms with E-state index < -0.39 is 0 Å². The lowest BCUT2D eigenvalue weighted by atomic mass is 10.2. The van der Waals surface area contributed by atoms with Gasteiger partial charge >= 0.3 is 0 Å². The van der Waals surface area contributed by atoms with Gasteiger partial charge in [0.05, 0.1) is 0 Å². The molecular weight excluding hydrogens is 352 g/mol. The number of nitrogens with zero attached hydrogens (tertiary/aromatic N) is 6. The Morgan fingerprint density at radius 1 is 0.893 bits per heavy atom. The molecule has 2 aromatic heterocycles. The maximum Gasteiger partial charge on any atom is 0.274 e. The number of anilines is 3. The molecule has 1 aliphatic heterocycles. The molecule has 3 heterocycles. The number of amides is 1. The molecule has 4 rings (SSSR count). The van der Waals surface area contributed by atoms with E-state index in [0.717, 1.165) is 24.6 Å². The first-order valence-corrected chi connectivity index (χ1v) is 9.30. The third kappa shape index (κ3) is 3.78. The average molecular weight is 374 g/mol. The summed E-state index contributed by atoms with van der Waals surface area (Å²) in [6.07, 6.45) is 1.79. The van der Waals surface area contributed by atoms with Gasteiger partial charge in [0, 0.05) is 45.1 Å². The zero-order valence-electron chi connectivity index (χ0n) is 15.8. The summed E-state index contributed by atoms with van der Waals surface area (Å²) in [5, 5.41) is 8.41. The number of carbonyl (C=O) groups is 1. The number of piperazine rings is 1. The van der Waals surface area contributed by atoms with Crippen LogP contribution in [-0.4, -0.2) is 59.2 Å². The Morgan fingerprint density at radius 3 is 2.29 bits per heavy atom. The molecule has 0 atom stereocenters. The molecule has 3 aromatic rings. The van der Waals surface area contributed by atoms with Crippen LogP contribution in [-0.2, 0) is 0 Å². The van der Waals surface area contributed by atoms with Gasteiger partial charge in [-0.25, -0.2) is 4.98 Å². The summed E-state index contributed by atoms with van der Waals surface area (Å²) in [6.45, 7) is 2.79. The summed E-state index contributed by atoms with van der Waals surface area (Å²) < 4.78 is 0. The second-order valence-electron chi connectivity index (χ2n) is 6.64. The number of benzene rings is 1. The minimum Gasteiger partial charge on any atom is -0.353 e. The molecule has 1 fully saturated rings. The molecule has 0 spiro atoms. The highest BCUT2D eigenvalue weighted by atomic mass is 16.2. The van der Waals surface area contributed by atoms with E-state index in [9.17, 15) is 4.79 Å². The number of para-hydroxylation sites is 1. The van der Waals surface area contributed by atoms with Crippen LogP contribution in [0, 0.1) is 0 Å². The third-order valence-electron chi connectivity index (χ3n) is 4.90. The van der Waals surface area contributed by atoms with Gasteiger partial charge in [0.2, 0.25) is 0 Å². The summed E-state index contributed by atoms with van der Waals surface area (Å²) in [6, 6.07) is 19.4. The number of hydrogen-bond donors (Lipinski definition) is 0. The van der Waals surface area contributed by atoms with Crippen LogP contribution in [0.2, 0.25) is 0 Å². The fourth-order valence-electron chi connectivity index (χ4n) is 3.24. The topological polar surface area (TPSA) is 65.5 Å². The van der Waals surface area contributed by atoms with Crippen molar-refractivity contribution in [3.63, 3.8) is 0 Å². The van der Waals surface area contributed by atoms with E-state index >= 15 is 0 Å². The monoisotopic (exact) mass is 374 g/mol. The normalized spacial score (nSPS) is 14.0. The van der Waals surface area contributed by atoms with Crippen molar-refractivity contribution in [2.75, 3.05) is 43.0 Å². The number of pyridine rings is 1. The van der Waals surface area contributed by atoms with Gasteiger partial charge in [-0.1, -0.05) is 24.3 Å². The molecule has 1 amide bonds. The van der Waals surface area contributed by atoms with E-state index in [0.29, 0.717) is 24.6 Å². The highest BCUT2D eigenvalue weighted by Crippen LogP contribution is 2.20. The van der Waals surface area contributed by atoms with Crippen LogP contribution in [0.15, 0.2) is 66.9 Å². The zero-order chi connectivity index (χ0) is 19.3. The molecule has 1 aliphatic rings. The highest BCUT2D eigenvalue weighted by Gasteiger charge is 2.24. The van der Waals surface area contributed by atoms with Gasteiger partial charge in [0.1, 0.15) is 5.82 Å². The van der Waals surface area contributed by atoms with Crippen LogP contribution in [0.5, 0.6) is 0 Å². The van der Waals surface area contributed by atoms with Crippen LogP contribution in [0.25, 0.3) is 0 Å². The molecule has 0 N–H and O–H groups in total. The van der Waals surface area contributed by atoms with Gasteiger partial charge in [-0.3, -0.25) is 4.79 Å². The number of rotatable bonds is 4. The molecule has 7 nitrogen and oxygen atoms in total. The fourth-order valence-corrected chi connectivity index (χ4v) is 3.24. The largest absolute Gasteiger partial charge is 0.353 e. The van der Waals surface area contributed by atoms with E-state index in [4.69, 9.17) is 0 Å². The summed E-state index contributed by atoms with van der Waals surface area (Å²) in [5.41, 5.74) is 1.39. The van der Waals surface area contributed by atoms with Crippen LogP contribution in [0.4, 0.5) is 17.3 Å². The van der Waals surface area contributed by atoms with E-state index in [1.54, 1.807) is 12.3 Å². The number of carbonyl (C=O) groups excluding carboxylic acids is 1. The van der Waals surface area contributed by atoms with E-state index in [-0.39, 0.29) is 5.91 Å². The van der Waals surface area contributed by atoms with E-state index in [1.165, 1.54) is 0 Å². The summed E-state index contributed by atoms with van der Waals surface area (Å²) in [4.78, 5) is 23.1. The lowest BCUT2D eigenvalue weighted by Gasteiger charge is -2.35. The standard InChI is InChI=1S/C21H22N6O/c1-25(17-7-3-2-4-8-17)20-11-10-18(23-24-20)21(28)27-15-13-26(14-16-27)19-9-5-6-12-22-19/h2-12H,13-16H2,1H3. The van der Waals surface area contributed by atoms with Crippen molar-refractivity contribution in [1.29, 1.82) is 0 Å². The maximum atomic E-state index is 12.8. The number of hydrogen-bond acceptors (Lipinski definition) is 6. The Kier molecular flexibility index (Phi) is 5.14. The first-order chi connectivity index (χ1) is 13.7. The predicted molar refractivity (Wildman–Crippen MR) is 109 cm³/mol. The Bertz CT molecular complexity index is 909. The molecule has 28 heavy (non-hydrogen) atoms. The van der Waals surface area contributed by atoms with Crippen LogP contribution in [0.3, 0.4) is 0 Å². The van der Waals surface area contributed by atoms with E-state index in [2.05, 4.69) is 20.1 Å². The van der Waals surface area contributed by atoms with Crippen molar-refractivity contribution in [2.45, 2.75) is 0 Å². The lowest BCUT2D eigenvalue weighted by molar-refractivity contribution is 0.0739. The van der Waals surface area contributed by atoms with Gasteiger partial charge in [0.15, 0.2) is 11.5 Å². The van der Waals surface area contributed by atoms with Gasteiger partial charge in [0.25, 0.3) is 5.91 Å². The fraction of sp³-hybridized carbons (Fsp3) is 0.238. The van der Waals surface area contributed by atoms with Crippen molar-refractivity contribution < 1.29 is 4.79 Å². The molecule has 7 heteroatoms. The van der Waals surface area contributed by atoms with Gasteiger partial charge in [-0.2, -0.15) is 0 Å². The summed E-state index contributed by atoms with van der Waals surface area (Å²) in [5.74, 6) is 1.56. The molecule has 0 radical (unpaired) electrons. The maximum absolute atomic E-state index is 12.8. The Morgan fingerprint density at radius 2 is 1.64 bits per heavy atom. The Labute approximate surface area is 164 Å². The first-order valence-electron chi connectivity index (χ1n) is 9.30. The van der Waals surface area contributed by atoms with Crippen molar-refractivity contribution >= 4 is 23.2 Å². The van der Waals surface area contributed by atoms with E-state index in [1.807, 2.05) is 71.4 Å². The van der Waals surface area contributed by atoms with Crippen molar-refractivity contribution in [1.82, 2.24) is 20.1 Å². The number of aromatic nitrogens is 3. The SMILES string of the molecule is CN(c1ccccc1)c1ccc(C(=O)N2CCN(c3ccccn3)CC2)nn1. The molecule has 0 aliphatic carbocycles. The quantitative estimate of drug-likeness (QED) is 0.699. The average Bonchev–Trinajstić information content (AvgIpc) is 2.79. The Hall–Kier alpha value is -3.48. The minimum atomic E-state index is -0.0814. The molecule has 142 valence electrons. The van der Waals surface area contributed by atoms with Crippen LogP contribution in [0.1, 0.15) is 10.5 Å². The van der Waals surface area contributed by atoms with Crippen molar-refractivity contribution in [3.05, 3.63) is 72.6 Å². The second kappa shape index (κ2) is 8.04.